The molecule has 1 fully saturated rings. The Bertz CT molecular complexity index is 171. The zero-order valence-corrected chi connectivity index (χ0v) is 8.39. The second-order valence-corrected chi connectivity index (χ2v) is 3.80. The Hall–Kier alpha value is -0.220. The van der Waals surface area contributed by atoms with E-state index in [1.165, 1.54) is 0 Å². The summed E-state index contributed by atoms with van der Waals surface area (Å²) in [4.78, 5) is 1.95. The molecular weight excluding hydrogens is 176 g/mol. The monoisotopic (exact) mass is 193 g/mol. The van der Waals surface area contributed by atoms with Gasteiger partial charge in [0.05, 0.1) is 6.10 Å². The fourth-order valence-electron chi connectivity index (χ4n) is 1.75. The summed E-state index contributed by atoms with van der Waals surface area (Å²) in [7, 11) is 3.43. The fraction of sp³-hybridized carbons (Fsp3) is 1.00. The van der Waals surface area contributed by atoms with Gasteiger partial charge in [0.2, 0.25) is 0 Å². The summed E-state index contributed by atoms with van der Waals surface area (Å²) in [5.74, 6) is -2.51. The molecule has 0 N–H and O–H groups in total. The number of hydrogen-bond donors (Lipinski definition) is 0. The first-order valence-electron chi connectivity index (χ1n) is 4.57. The second kappa shape index (κ2) is 3.88. The van der Waals surface area contributed by atoms with Crippen molar-refractivity contribution in [2.75, 3.05) is 20.7 Å². The van der Waals surface area contributed by atoms with Crippen LogP contribution < -0.4 is 0 Å². The van der Waals surface area contributed by atoms with Crippen molar-refractivity contribution >= 4 is 0 Å². The third kappa shape index (κ3) is 2.61. The number of hydrogen-bond acceptors (Lipinski definition) is 2. The summed E-state index contributed by atoms with van der Waals surface area (Å²) >= 11 is 0. The first kappa shape index (κ1) is 10.9. The predicted molar refractivity (Wildman–Crippen MR) is 47.1 cm³/mol. The topological polar surface area (TPSA) is 12.5 Å². The molecule has 1 rings (SSSR count). The highest BCUT2D eigenvalue weighted by Gasteiger charge is 2.40. The van der Waals surface area contributed by atoms with Gasteiger partial charge in [-0.25, -0.2) is 8.78 Å². The molecule has 0 bridgehead atoms. The van der Waals surface area contributed by atoms with E-state index < -0.39 is 5.92 Å². The Kier molecular flexibility index (Phi) is 3.24. The molecule has 0 unspecified atom stereocenters. The second-order valence-electron chi connectivity index (χ2n) is 3.80. The Morgan fingerprint density at radius 1 is 1.54 bits per heavy atom. The molecule has 78 valence electrons. The van der Waals surface area contributed by atoms with Crippen molar-refractivity contribution in [2.24, 2.45) is 0 Å². The maximum atomic E-state index is 13.0. The van der Waals surface area contributed by atoms with Crippen molar-refractivity contribution in [1.29, 1.82) is 0 Å². The predicted octanol–water partition coefficient (Wildman–Crippen LogP) is 1.75. The molecule has 0 aromatic carbocycles. The number of halogens is 2. The quantitative estimate of drug-likeness (QED) is 0.662. The summed E-state index contributed by atoms with van der Waals surface area (Å²) < 4.78 is 31.2. The standard InChI is InChI=1S/C9H17F2NO/c1-7(13-3)8-6-9(10,11)4-5-12(8)2/h7-8H,4-6H2,1-3H3/t7-,8-/m0/s1. The zero-order chi connectivity index (χ0) is 10.1. The first-order valence-corrected chi connectivity index (χ1v) is 4.57. The van der Waals surface area contributed by atoms with E-state index in [0.717, 1.165) is 0 Å². The van der Waals surface area contributed by atoms with Gasteiger partial charge in [-0.2, -0.15) is 0 Å². The lowest BCUT2D eigenvalue weighted by Crippen LogP contribution is -2.50. The van der Waals surface area contributed by atoms with Gasteiger partial charge >= 0.3 is 0 Å². The summed E-state index contributed by atoms with van der Waals surface area (Å²) in [5.41, 5.74) is 0. The van der Waals surface area contributed by atoms with Crippen molar-refractivity contribution in [3.63, 3.8) is 0 Å². The molecular formula is C9H17F2NO. The van der Waals surface area contributed by atoms with Crippen molar-refractivity contribution in [3.8, 4) is 0 Å². The van der Waals surface area contributed by atoms with Crippen LogP contribution in [0.3, 0.4) is 0 Å². The third-order valence-corrected chi connectivity index (χ3v) is 2.82. The maximum Gasteiger partial charge on any atom is 0.251 e. The van der Waals surface area contributed by atoms with Crippen molar-refractivity contribution in [2.45, 2.75) is 37.8 Å². The number of piperidine rings is 1. The van der Waals surface area contributed by atoms with Crippen molar-refractivity contribution < 1.29 is 13.5 Å². The average Bonchev–Trinajstić information content (AvgIpc) is 2.08. The number of methoxy groups -OCH3 is 1. The van der Waals surface area contributed by atoms with Crippen LogP contribution in [0.2, 0.25) is 0 Å². The highest BCUT2D eigenvalue weighted by atomic mass is 19.3. The number of likely N-dealkylation sites (tertiary alicyclic amines) is 1. The Morgan fingerprint density at radius 2 is 2.15 bits per heavy atom. The van der Waals surface area contributed by atoms with Crippen molar-refractivity contribution in [1.82, 2.24) is 4.90 Å². The van der Waals surface area contributed by atoms with Crippen LogP contribution in [0.15, 0.2) is 0 Å². The van der Waals surface area contributed by atoms with E-state index in [4.69, 9.17) is 4.74 Å². The van der Waals surface area contributed by atoms with Crippen molar-refractivity contribution in [3.05, 3.63) is 0 Å². The SMILES string of the molecule is CO[C@@H](C)[C@@H]1CC(F)(F)CCN1C. The Balaban J connectivity index is 2.60. The summed E-state index contributed by atoms with van der Waals surface area (Å²) in [6, 6.07) is -0.159. The van der Waals surface area contributed by atoms with Crippen LogP contribution in [0.1, 0.15) is 19.8 Å². The van der Waals surface area contributed by atoms with E-state index in [9.17, 15) is 8.78 Å². The minimum absolute atomic E-state index is 0.0313. The average molecular weight is 193 g/mol. The lowest BCUT2D eigenvalue weighted by molar-refractivity contribution is -0.0997. The van der Waals surface area contributed by atoms with Crippen LogP contribution in [-0.4, -0.2) is 43.7 Å². The molecule has 0 radical (unpaired) electrons. The van der Waals surface area contributed by atoms with Crippen LogP contribution in [0.25, 0.3) is 0 Å². The molecule has 1 aliphatic rings. The van der Waals surface area contributed by atoms with Crippen LogP contribution in [0, 0.1) is 0 Å². The number of alkyl halides is 2. The lowest BCUT2D eigenvalue weighted by atomic mass is 9.95. The molecule has 2 atom stereocenters. The fourth-order valence-corrected chi connectivity index (χ4v) is 1.75. The van der Waals surface area contributed by atoms with E-state index in [1.807, 2.05) is 18.9 Å². The van der Waals surface area contributed by atoms with Gasteiger partial charge in [-0.3, -0.25) is 0 Å². The van der Waals surface area contributed by atoms with E-state index in [2.05, 4.69) is 0 Å². The number of rotatable bonds is 2. The van der Waals surface area contributed by atoms with E-state index in [-0.39, 0.29) is 25.0 Å². The highest BCUT2D eigenvalue weighted by Crippen LogP contribution is 2.32. The molecule has 1 aliphatic heterocycles. The van der Waals surface area contributed by atoms with Crippen LogP contribution in [0.5, 0.6) is 0 Å². The van der Waals surface area contributed by atoms with Gasteiger partial charge in [-0.05, 0) is 14.0 Å². The number of nitrogens with zero attached hydrogens (tertiary/aromatic N) is 1. The van der Waals surface area contributed by atoms with E-state index in [0.29, 0.717) is 6.54 Å². The highest BCUT2D eigenvalue weighted by molar-refractivity contribution is 4.87. The molecule has 0 aromatic rings. The van der Waals surface area contributed by atoms with Crippen LogP contribution >= 0.6 is 0 Å². The molecule has 0 spiro atoms. The van der Waals surface area contributed by atoms with Crippen LogP contribution in [-0.2, 0) is 4.74 Å². The Morgan fingerprint density at radius 3 is 2.69 bits per heavy atom. The maximum absolute atomic E-state index is 13.0. The van der Waals surface area contributed by atoms with E-state index in [1.54, 1.807) is 7.11 Å². The first-order chi connectivity index (χ1) is 5.96. The molecule has 4 heteroatoms. The molecule has 1 saturated heterocycles. The number of ether oxygens (including phenoxy) is 1. The molecule has 2 nitrogen and oxygen atoms in total. The van der Waals surface area contributed by atoms with Gasteiger partial charge in [-0.1, -0.05) is 0 Å². The van der Waals surface area contributed by atoms with Gasteiger partial charge in [0, 0.05) is 32.5 Å². The zero-order valence-electron chi connectivity index (χ0n) is 8.39. The largest absolute Gasteiger partial charge is 0.380 e. The molecule has 0 aromatic heterocycles. The van der Waals surface area contributed by atoms with E-state index >= 15 is 0 Å². The Labute approximate surface area is 77.9 Å². The van der Waals surface area contributed by atoms with Gasteiger partial charge < -0.3 is 9.64 Å². The minimum Gasteiger partial charge on any atom is -0.380 e. The smallest absolute Gasteiger partial charge is 0.251 e. The van der Waals surface area contributed by atoms with Crippen LogP contribution in [0.4, 0.5) is 8.78 Å². The minimum atomic E-state index is -2.51. The molecule has 0 amide bonds. The van der Waals surface area contributed by atoms with Gasteiger partial charge in [-0.15, -0.1) is 0 Å². The molecule has 1 heterocycles. The van der Waals surface area contributed by atoms with Gasteiger partial charge in [0.15, 0.2) is 0 Å². The summed E-state index contributed by atoms with van der Waals surface area (Å²) in [6.45, 7) is 2.29. The van der Waals surface area contributed by atoms with Gasteiger partial charge in [0.1, 0.15) is 0 Å². The molecule has 0 saturated carbocycles. The number of likely N-dealkylation sites (N-methyl/N-ethyl adjacent to an activating group) is 1. The lowest BCUT2D eigenvalue weighted by Gasteiger charge is -2.39. The summed E-state index contributed by atoms with van der Waals surface area (Å²) in [6.07, 6.45) is -0.245. The van der Waals surface area contributed by atoms with Gasteiger partial charge in [0.25, 0.3) is 5.92 Å². The third-order valence-electron chi connectivity index (χ3n) is 2.82. The normalized spacial score (nSPS) is 31.6. The molecule has 13 heavy (non-hydrogen) atoms. The molecule has 0 aliphatic carbocycles. The summed E-state index contributed by atoms with van der Waals surface area (Å²) in [5, 5.41) is 0.